The fraction of sp³-hybridized carbons (Fsp3) is 0.500. The van der Waals surface area contributed by atoms with Crippen LogP contribution in [0.2, 0.25) is 10.0 Å². The van der Waals surface area contributed by atoms with Crippen molar-refractivity contribution in [2.45, 2.75) is 31.8 Å². The molecule has 2 atom stereocenters. The molecule has 1 amide bonds. The van der Waals surface area contributed by atoms with Crippen molar-refractivity contribution in [1.29, 1.82) is 0 Å². The highest BCUT2D eigenvalue weighted by atomic mass is 35.5. The van der Waals surface area contributed by atoms with E-state index in [0.717, 1.165) is 18.5 Å². The zero-order chi connectivity index (χ0) is 14.0. The van der Waals surface area contributed by atoms with Crippen LogP contribution < -0.4 is 5.32 Å². The number of likely N-dealkylation sites (N-methyl/N-ethyl adjacent to an activating group) is 1. The molecular weight excluding hydrogens is 283 g/mol. The van der Waals surface area contributed by atoms with E-state index in [-0.39, 0.29) is 11.9 Å². The molecule has 1 fully saturated rings. The van der Waals surface area contributed by atoms with Crippen molar-refractivity contribution in [1.82, 2.24) is 10.2 Å². The van der Waals surface area contributed by atoms with Gasteiger partial charge in [0.2, 0.25) is 5.91 Å². The summed E-state index contributed by atoms with van der Waals surface area (Å²) < 4.78 is 0. The minimum Gasteiger partial charge on any atom is -0.344 e. The maximum absolute atomic E-state index is 11.5. The number of amides is 1. The number of nitrogens with zero attached hydrogens (tertiary/aromatic N) is 1. The Balaban J connectivity index is 2.03. The quantitative estimate of drug-likeness (QED) is 0.929. The molecule has 5 heteroatoms. The summed E-state index contributed by atoms with van der Waals surface area (Å²) in [6, 6.07) is 6.07. The zero-order valence-corrected chi connectivity index (χ0v) is 12.6. The van der Waals surface area contributed by atoms with Crippen LogP contribution in [0.3, 0.4) is 0 Å². The van der Waals surface area contributed by atoms with E-state index in [4.69, 9.17) is 23.2 Å². The van der Waals surface area contributed by atoms with Crippen molar-refractivity contribution >= 4 is 29.1 Å². The third-order valence-corrected chi connectivity index (χ3v) is 4.39. The van der Waals surface area contributed by atoms with Crippen LogP contribution in [-0.2, 0) is 4.79 Å². The van der Waals surface area contributed by atoms with Gasteiger partial charge < -0.3 is 10.2 Å². The smallest absolute Gasteiger partial charge is 0.222 e. The lowest BCUT2D eigenvalue weighted by Gasteiger charge is -2.32. The second-order valence-corrected chi connectivity index (χ2v) is 5.83. The van der Waals surface area contributed by atoms with Gasteiger partial charge in [0.1, 0.15) is 0 Å². The summed E-state index contributed by atoms with van der Waals surface area (Å²) in [5, 5.41) is 4.69. The van der Waals surface area contributed by atoms with Gasteiger partial charge in [0, 0.05) is 32.1 Å². The third kappa shape index (κ3) is 3.41. The Kier molecular flexibility index (Phi) is 4.71. The zero-order valence-electron chi connectivity index (χ0n) is 11.1. The van der Waals surface area contributed by atoms with E-state index in [9.17, 15) is 4.79 Å². The van der Waals surface area contributed by atoms with Crippen LogP contribution >= 0.6 is 23.2 Å². The molecule has 2 unspecified atom stereocenters. The molecule has 1 heterocycles. The first kappa shape index (κ1) is 14.6. The lowest BCUT2D eigenvalue weighted by molar-refractivity contribution is -0.132. The molecule has 3 nitrogen and oxygen atoms in total. The van der Waals surface area contributed by atoms with Gasteiger partial charge in [-0.2, -0.15) is 0 Å². The number of carbonyl (C=O) groups is 1. The van der Waals surface area contributed by atoms with E-state index >= 15 is 0 Å². The Morgan fingerprint density at radius 2 is 2.16 bits per heavy atom. The Bertz CT molecular complexity index is 479. The lowest BCUT2D eigenvalue weighted by Crippen LogP contribution is -2.47. The largest absolute Gasteiger partial charge is 0.344 e. The summed E-state index contributed by atoms with van der Waals surface area (Å²) >= 11 is 12.3. The average molecular weight is 301 g/mol. The molecular formula is C14H18Cl2N2O. The number of piperidine rings is 1. The molecule has 0 aromatic heterocycles. The molecule has 2 rings (SSSR count). The highest BCUT2D eigenvalue weighted by Crippen LogP contribution is 2.30. The number of halogens is 2. The fourth-order valence-electron chi connectivity index (χ4n) is 2.45. The molecule has 1 aromatic rings. The number of carbonyl (C=O) groups excluding carboxylic acids is 1. The number of benzene rings is 1. The van der Waals surface area contributed by atoms with Gasteiger partial charge in [-0.3, -0.25) is 4.79 Å². The first-order valence-corrected chi connectivity index (χ1v) is 7.18. The van der Waals surface area contributed by atoms with Crippen molar-refractivity contribution in [3.63, 3.8) is 0 Å². The first-order chi connectivity index (χ1) is 8.99. The summed E-state index contributed by atoms with van der Waals surface area (Å²) in [4.78, 5) is 13.2. The third-order valence-electron chi connectivity index (χ3n) is 3.56. The fourth-order valence-corrected chi connectivity index (χ4v) is 2.92. The molecule has 1 aromatic carbocycles. The van der Waals surface area contributed by atoms with Crippen LogP contribution in [-0.4, -0.2) is 30.4 Å². The van der Waals surface area contributed by atoms with E-state index in [1.165, 1.54) is 0 Å². The van der Waals surface area contributed by atoms with Crippen molar-refractivity contribution < 1.29 is 4.79 Å². The van der Waals surface area contributed by atoms with Gasteiger partial charge in [-0.15, -0.1) is 0 Å². The van der Waals surface area contributed by atoms with Crippen LogP contribution in [0.25, 0.3) is 0 Å². The molecule has 0 radical (unpaired) electrons. The molecule has 19 heavy (non-hydrogen) atoms. The summed E-state index contributed by atoms with van der Waals surface area (Å²) in [5.41, 5.74) is 0.994. The average Bonchev–Trinajstić information content (AvgIpc) is 2.37. The van der Waals surface area contributed by atoms with Crippen molar-refractivity contribution in [3.05, 3.63) is 33.8 Å². The topological polar surface area (TPSA) is 32.3 Å². The molecule has 0 aliphatic carbocycles. The van der Waals surface area contributed by atoms with Gasteiger partial charge in [-0.05, 0) is 25.0 Å². The van der Waals surface area contributed by atoms with Crippen LogP contribution in [0, 0.1) is 0 Å². The Labute approximate surface area is 123 Å². The number of rotatable bonds is 3. The van der Waals surface area contributed by atoms with Gasteiger partial charge in [-0.25, -0.2) is 0 Å². The SMILES string of the molecule is CC(NC1CCC(=O)N(C)C1)c1cccc(Cl)c1Cl. The molecule has 0 bridgehead atoms. The van der Waals surface area contributed by atoms with Gasteiger partial charge in [0.25, 0.3) is 0 Å². The monoisotopic (exact) mass is 300 g/mol. The van der Waals surface area contributed by atoms with Gasteiger partial charge in [-0.1, -0.05) is 35.3 Å². The highest BCUT2D eigenvalue weighted by Gasteiger charge is 2.24. The minimum absolute atomic E-state index is 0.109. The summed E-state index contributed by atoms with van der Waals surface area (Å²) in [7, 11) is 1.84. The molecule has 0 saturated carbocycles. The van der Waals surface area contributed by atoms with E-state index in [1.54, 1.807) is 11.0 Å². The molecule has 1 aliphatic rings. The lowest BCUT2D eigenvalue weighted by atomic mass is 10.0. The predicted octanol–water partition coefficient (Wildman–Crippen LogP) is 3.26. The van der Waals surface area contributed by atoms with Gasteiger partial charge >= 0.3 is 0 Å². The summed E-state index contributed by atoms with van der Waals surface area (Å²) in [5.74, 6) is 0.214. The highest BCUT2D eigenvalue weighted by molar-refractivity contribution is 6.42. The Hall–Kier alpha value is -0.770. The Morgan fingerprint density at radius 1 is 1.42 bits per heavy atom. The van der Waals surface area contributed by atoms with Crippen molar-refractivity contribution in [2.24, 2.45) is 0 Å². The minimum atomic E-state index is 0.109. The number of hydrogen-bond acceptors (Lipinski definition) is 2. The van der Waals surface area contributed by atoms with Crippen molar-refractivity contribution in [2.75, 3.05) is 13.6 Å². The standard InChI is InChI=1S/C14H18Cl2N2O/c1-9(11-4-3-5-12(15)14(11)16)17-10-6-7-13(19)18(2)8-10/h3-5,9-10,17H,6-8H2,1-2H3. The van der Waals surface area contributed by atoms with Crippen LogP contribution in [0.4, 0.5) is 0 Å². The molecule has 1 aliphatic heterocycles. The number of hydrogen-bond donors (Lipinski definition) is 1. The van der Waals surface area contributed by atoms with E-state index in [2.05, 4.69) is 12.2 Å². The number of likely N-dealkylation sites (tertiary alicyclic amines) is 1. The normalized spacial score (nSPS) is 21.6. The predicted molar refractivity (Wildman–Crippen MR) is 78.7 cm³/mol. The van der Waals surface area contributed by atoms with Crippen molar-refractivity contribution in [3.8, 4) is 0 Å². The van der Waals surface area contributed by atoms with E-state index in [1.807, 2.05) is 19.2 Å². The first-order valence-electron chi connectivity index (χ1n) is 6.43. The van der Waals surface area contributed by atoms with Gasteiger partial charge in [0.15, 0.2) is 0 Å². The van der Waals surface area contributed by atoms with E-state index < -0.39 is 0 Å². The van der Waals surface area contributed by atoms with Crippen LogP contribution in [0.1, 0.15) is 31.4 Å². The number of nitrogens with one attached hydrogen (secondary N) is 1. The van der Waals surface area contributed by atoms with Gasteiger partial charge in [0.05, 0.1) is 10.0 Å². The maximum atomic E-state index is 11.5. The van der Waals surface area contributed by atoms with E-state index in [0.29, 0.717) is 22.5 Å². The second kappa shape index (κ2) is 6.12. The molecule has 104 valence electrons. The molecule has 0 spiro atoms. The molecule has 1 saturated heterocycles. The molecule has 1 N–H and O–H groups in total. The Morgan fingerprint density at radius 3 is 2.84 bits per heavy atom. The summed E-state index contributed by atoms with van der Waals surface area (Å²) in [6.45, 7) is 2.80. The van der Waals surface area contributed by atoms with Crippen LogP contribution in [0.5, 0.6) is 0 Å². The maximum Gasteiger partial charge on any atom is 0.222 e. The van der Waals surface area contributed by atoms with Crippen LogP contribution in [0.15, 0.2) is 18.2 Å². The summed E-state index contributed by atoms with van der Waals surface area (Å²) in [6.07, 6.45) is 1.47. The second-order valence-electron chi connectivity index (χ2n) is 5.04.